The average molecular weight is 569 g/mol. The number of hydrogen-bond acceptors (Lipinski definition) is 0. The van der Waals surface area contributed by atoms with Crippen LogP contribution >= 0.6 is 0 Å². The monoisotopic (exact) mass is 568 g/mol. The largest absolute Gasteiger partial charge is 0.0683 e. The zero-order chi connectivity index (χ0) is 30.5. The Morgan fingerprint density at radius 1 is 0.386 bits per heavy atom. The van der Waals surface area contributed by atoms with E-state index in [2.05, 4.69) is 149 Å². The lowest BCUT2D eigenvalue weighted by Gasteiger charge is -2.23. The third kappa shape index (κ3) is 4.36. The second kappa shape index (κ2) is 11.1. The van der Waals surface area contributed by atoms with Crippen LogP contribution in [0.5, 0.6) is 0 Å². The molecule has 7 aromatic carbocycles. The van der Waals surface area contributed by atoms with Gasteiger partial charge in [-0.25, -0.2) is 0 Å². The smallest absolute Gasteiger partial charge is 0.00253 e. The van der Waals surface area contributed by atoms with Crippen molar-refractivity contribution in [1.82, 2.24) is 0 Å². The van der Waals surface area contributed by atoms with Crippen molar-refractivity contribution in [2.45, 2.75) is 53.4 Å². The highest BCUT2D eigenvalue weighted by atomic mass is 14.3. The van der Waals surface area contributed by atoms with Gasteiger partial charge in [-0.1, -0.05) is 133 Å². The molecule has 0 nitrogen and oxygen atoms in total. The first kappa shape index (κ1) is 28.1. The summed E-state index contributed by atoms with van der Waals surface area (Å²) < 4.78 is 0. The van der Waals surface area contributed by atoms with Gasteiger partial charge in [0.2, 0.25) is 0 Å². The second-order valence-corrected chi connectivity index (χ2v) is 12.5. The summed E-state index contributed by atoms with van der Waals surface area (Å²) in [6.45, 7) is 13.4. The predicted molar refractivity (Wildman–Crippen MR) is 194 cm³/mol. The summed E-state index contributed by atoms with van der Waals surface area (Å²) >= 11 is 0. The highest BCUT2D eigenvalue weighted by molar-refractivity contribution is 6.22. The van der Waals surface area contributed by atoms with Crippen molar-refractivity contribution in [3.05, 3.63) is 132 Å². The topological polar surface area (TPSA) is 0 Å². The third-order valence-corrected chi connectivity index (χ3v) is 9.23. The average Bonchev–Trinajstić information content (AvgIpc) is 3.38. The van der Waals surface area contributed by atoms with E-state index >= 15 is 0 Å². The fourth-order valence-corrected chi connectivity index (χ4v) is 7.49. The first-order valence-electron chi connectivity index (χ1n) is 16.2. The van der Waals surface area contributed by atoms with Crippen LogP contribution in [0.15, 0.2) is 121 Å². The Kier molecular flexibility index (Phi) is 7.10. The van der Waals surface area contributed by atoms with Crippen molar-refractivity contribution in [3.63, 3.8) is 0 Å². The van der Waals surface area contributed by atoms with Gasteiger partial charge in [0.05, 0.1) is 0 Å². The molecule has 7 aromatic rings. The third-order valence-electron chi connectivity index (χ3n) is 9.23. The molecule has 0 radical (unpaired) electrons. The van der Waals surface area contributed by atoms with Gasteiger partial charge in [-0.3, -0.25) is 0 Å². The van der Waals surface area contributed by atoms with Crippen molar-refractivity contribution >= 4 is 32.3 Å². The summed E-state index contributed by atoms with van der Waals surface area (Å²) in [5.41, 5.74) is 13.7. The first-order valence-corrected chi connectivity index (χ1v) is 16.2. The molecule has 0 N–H and O–H groups in total. The van der Waals surface area contributed by atoms with Crippen molar-refractivity contribution in [2.75, 3.05) is 0 Å². The van der Waals surface area contributed by atoms with Gasteiger partial charge in [0.1, 0.15) is 0 Å². The summed E-state index contributed by atoms with van der Waals surface area (Å²) in [5, 5.41) is 8.07. The molecular weight excluding hydrogens is 528 g/mol. The van der Waals surface area contributed by atoms with Crippen LogP contribution < -0.4 is 0 Å². The van der Waals surface area contributed by atoms with E-state index < -0.39 is 0 Å². The van der Waals surface area contributed by atoms with E-state index in [0.717, 1.165) is 0 Å². The normalized spacial score (nSPS) is 11.8. The van der Waals surface area contributed by atoms with Gasteiger partial charge < -0.3 is 0 Å². The maximum Gasteiger partial charge on any atom is -0.00253 e. The van der Waals surface area contributed by atoms with Crippen molar-refractivity contribution in [2.24, 2.45) is 0 Å². The Balaban J connectivity index is 0.00000153. The quantitative estimate of drug-likeness (QED) is 0.198. The van der Waals surface area contributed by atoms with E-state index in [4.69, 9.17) is 0 Å². The zero-order valence-corrected chi connectivity index (χ0v) is 26.7. The van der Waals surface area contributed by atoms with E-state index in [1.807, 2.05) is 13.8 Å². The molecule has 0 saturated heterocycles. The van der Waals surface area contributed by atoms with E-state index in [-0.39, 0.29) is 0 Å². The number of fused-ring (bicyclic) bond motifs is 5. The van der Waals surface area contributed by atoms with Crippen LogP contribution in [0.3, 0.4) is 0 Å². The molecule has 1 aliphatic carbocycles. The van der Waals surface area contributed by atoms with Gasteiger partial charge in [-0.05, 0) is 130 Å². The minimum atomic E-state index is 0.396. The summed E-state index contributed by atoms with van der Waals surface area (Å²) in [6.07, 6.45) is 0. The molecule has 0 atom stereocenters. The van der Waals surface area contributed by atoms with Gasteiger partial charge >= 0.3 is 0 Å². The molecule has 0 amide bonds. The molecule has 0 aromatic heterocycles. The Labute approximate surface area is 262 Å². The lowest BCUT2D eigenvalue weighted by molar-refractivity contribution is 0.864. The van der Waals surface area contributed by atoms with Crippen molar-refractivity contribution in [3.8, 4) is 44.5 Å². The Hall–Kier alpha value is -4.68. The number of rotatable bonds is 4. The molecule has 0 spiro atoms. The van der Waals surface area contributed by atoms with E-state index in [1.165, 1.54) is 88.0 Å². The van der Waals surface area contributed by atoms with Crippen LogP contribution in [0.1, 0.15) is 64.5 Å². The molecule has 0 heterocycles. The van der Waals surface area contributed by atoms with Gasteiger partial charge in [-0.2, -0.15) is 0 Å². The SMILES string of the molecule is CC.CC(C)c1c2c(c(C(C)C)c3ccccc13)-c1cc(-c3ccc4ccccc4c3)cc3cc(-c4ccccc4)cc-2c13. The van der Waals surface area contributed by atoms with Gasteiger partial charge in [0.25, 0.3) is 0 Å². The number of hydrogen-bond donors (Lipinski definition) is 0. The van der Waals surface area contributed by atoms with Crippen molar-refractivity contribution < 1.29 is 0 Å². The molecule has 0 bridgehead atoms. The summed E-state index contributed by atoms with van der Waals surface area (Å²) in [5.74, 6) is 0.793. The van der Waals surface area contributed by atoms with E-state index in [1.54, 1.807) is 0 Å². The van der Waals surface area contributed by atoms with Crippen LogP contribution in [-0.2, 0) is 0 Å². The second-order valence-electron chi connectivity index (χ2n) is 12.5. The Morgan fingerprint density at radius 2 is 0.864 bits per heavy atom. The molecule has 216 valence electrons. The molecule has 0 fully saturated rings. The molecule has 0 aliphatic heterocycles. The molecule has 0 saturated carbocycles. The minimum absolute atomic E-state index is 0.396. The fraction of sp³-hybridized carbons (Fsp3) is 0.182. The predicted octanol–water partition coefficient (Wildman–Crippen LogP) is 13.4. The molecule has 0 heteroatoms. The molecule has 0 unspecified atom stereocenters. The lowest BCUT2D eigenvalue weighted by Crippen LogP contribution is -2.01. The maximum atomic E-state index is 2.48. The summed E-state index contributed by atoms with van der Waals surface area (Å²) in [6, 6.07) is 45.3. The Morgan fingerprint density at radius 3 is 1.43 bits per heavy atom. The molecule has 44 heavy (non-hydrogen) atoms. The van der Waals surface area contributed by atoms with Crippen LogP contribution in [0.4, 0.5) is 0 Å². The van der Waals surface area contributed by atoms with E-state index in [0.29, 0.717) is 11.8 Å². The lowest BCUT2D eigenvalue weighted by atomic mass is 9.80. The van der Waals surface area contributed by atoms with Gasteiger partial charge in [0.15, 0.2) is 0 Å². The Bertz CT molecular complexity index is 2180. The van der Waals surface area contributed by atoms with Crippen LogP contribution in [0.2, 0.25) is 0 Å². The minimum Gasteiger partial charge on any atom is -0.0683 e. The van der Waals surface area contributed by atoms with Gasteiger partial charge in [-0.15, -0.1) is 0 Å². The standard InChI is InChI=1S/C42H34.C2H6/c1-25(2)38-34-16-10-11-17-35(34)39(26(3)4)42-37-24-32(30-19-18-28-14-8-9-15-29(28)20-30)22-33-21-31(27-12-6-5-7-13-27)23-36(40(33)37)41(38)42;1-2/h5-26H,1-4H3;1-2H3. The molecular formula is C44H40. The van der Waals surface area contributed by atoms with Crippen LogP contribution in [-0.4, -0.2) is 0 Å². The maximum absolute atomic E-state index is 2.48. The first-order chi connectivity index (χ1) is 21.5. The summed E-state index contributed by atoms with van der Waals surface area (Å²) in [4.78, 5) is 0. The van der Waals surface area contributed by atoms with Gasteiger partial charge in [0, 0.05) is 0 Å². The molecule has 1 aliphatic rings. The zero-order valence-electron chi connectivity index (χ0n) is 26.7. The molecule has 8 rings (SSSR count). The van der Waals surface area contributed by atoms with E-state index in [9.17, 15) is 0 Å². The highest BCUT2D eigenvalue weighted by Gasteiger charge is 2.32. The highest BCUT2D eigenvalue weighted by Crippen LogP contribution is 2.57. The number of benzene rings is 7. The van der Waals surface area contributed by atoms with Crippen molar-refractivity contribution in [1.29, 1.82) is 0 Å². The summed E-state index contributed by atoms with van der Waals surface area (Å²) in [7, 11) is 0. The van der Waals surface area contributed by atoms with Crippen LogP contribution in [0.25, 0.3) is 76.8 Å². The fourth-order valence-electron chi connectivity index (χ4n) is 7.49. The van der Waals surface area contributed by atoms with Crippen LogP contribution in [0, 0.1) is 0 Å².